The van der Waals surface area contributed by atoms with Gasteiger partial charge in [-0.1, -0.05) is 13.8 Å². The predicted molar refractivity (Wildman–Crippen MR) is 94.6 cm³/mol. The first-order chi connectivity index (χ1) is 12.1. The summed E-state index contributed by atoms with van der Waals surface area (Å²) in [6.45, 7) is 6.26. The first-order valence-corrected chi connectivity index (χ1v) is 9.38. The molecule has 2 aromatic rings. The zero-order valence-corrected chi connectivity index (χ0v) is 15.0. The highest BCUT2D eigenvalue weighted by atomic mass is 16.5. The van der Waals surface area contributed by atoms with E-state index < -0.39 is 0 Å². The van der Waals surface area contributed by atoms with E-state index in [1.165, 1.54) is 12.8 Å². The molecule has 0 bridgehead atoms. The molecule has 134 valence electrons. The van der Waals surface area contributed by atoms with Gasteiger partial charge in [-0.05, 0) is 37.7 Å². The Bertz CT molecular complexity index is 758. The number of hydrogen-bond donors (Lipinski definition) is 0. The van der Waals surface area contributed by atoms with Crippen LogP contribution in [0.25, 0.3) is 5.65 Å². The molecule has 0 aromatic carbocycles. The van der Waals surface area contributed by atoms with Crippen LogP contribution in [0.1, 0.15) is 51.1 Å². The van der Waals surface area contributed by atoms with Gasteiger partial charge in [-0.3, -0.25) is 4.79 Å². The Morgan fingerprint density at radius 3 is 2.68 bits per heavy atom. The number of fused-ring (bicyclic) bond motifs is 1. The maximum atomic E-state index is 12.0. The fourth-order valence-electron chi connectivity index (χ4n) is 3.42. The number of imidazole rings is 1. The van der Waals surface area contributed by atoms with Crippen LogP contribution in [0.2, 0.25) is 0 Å². The SMILES string of the molecule is CC(C)C(=O)N1CCC(COc2ccc3nc(C4CC4)cn3n2)CC1. The Morgan fingerprint density at radius 2 is 2.00 bits per heavy atom. The Morgan fingerprint density at radius 1 is 1.24 bits per heavy atom. The van der Waals surface area contributed by atoms with E-state index in [0.29, 0.717) is 24.3 Å². The molecule has 2 aliphatic rings. The molecule has 6 heteroatoms. The molecule has 1 aliphatic carbocycles. The fourth-order valence-corrected chi connectivity index (χ4v) is 3.42. The van der Waals surface area contributed by atoms with Crippen molar-refractivity contribution in [1.29, 1.82) is 0 Å². The van der Waals surface area contributed by atoms with Gasteiger partial charge < -0.3 is 9.64 Å². The second-order valence-electron chi connectivity index (χ2n) is 7.65. The van der Waals surface area contributed by atoms with Gasteiger partial charge in [-0.2, -0.15) is 0 Å². The molecule has 2 fully saturated rings. The van der Waals surface area contributed by atoms with E-state index in [1.807, 2.05) is 41.6 Å². The van der Waals surface area contributed by atoms with Crippen LogP contribution in [-0.4, -0.2) is 45.1 Å². The third kappa shape index (κ3) is 3.62. The van der Waals surface area contributed by atoms with Crippen LogP contribution in [0.15, 0.2) is 18.3 Å². The molecule has 4 rings (SSSR count). The number of piperidine rings is 1. The fraction of sp³-hybridized carbons (Fsp3) is 0.632. The molecule has 1 saturated heterocycles. The van der Waals surface area contributed by atoms with E-state index in [1.54, 1.807) is 0 Å². The van der Waals surface area contributed by atoms with E-state index in [2.05, 4.69) is 10.1 Å². The highest BCUT2D eigenvalue weighted by molar-refractivity contribution is 5.78. The average molecular weight is 342 g/mol. The number of hydrogen-bond acceptors (Lipinski definition) is 4. The molecule has 1 aliphatic heterocycles. The highest BCUT2D eigenvalue weighted by Crippen LogP contribution is 2.39. The van der Waals surface area contributed by atoms with Crippen LogP contribution in [0.3, 0.4) is 0 Å². The maximum absolute atomic E-state index is 12.0. The summed E-state index contributed by atoms with van der Waals surface area (Å²) < 4.78 is 7.75. The van der Waals surface area contributed by atoms with Crippen molar-refractivity contribution in [3.05, 3.63) is 24.0 Å². The second-order valence-corrected chi connectivity index (χ2v) is 7.65. The van der Waals surface area contributed by atoms with Gasteiger partial charge in [0.25, 0.3) is 0 Å². The lowest BCUT2D eigenvalue weighted by atomic mass is 9.97. The average Bonchev–Trinajstić information content (AvgIpc) is 3.39. The predicted octanol–water partition coefficient (Wildman–Crippen LogP) is 2.88. The van der Waals surface area contributed by atoms with Gasteiger partial charge in [0, 0.05) is 31.0 Å². The molecule has 1 amide bonds. The van der Waals surface area contributed by atoms with Gasteiger partial charge in [0.15, 0.2) is 5.65 Å². The Hall–Kier alpha value is -2.11. The Labute approximate surface area is 148 Å². The Kier molecular flexibility index (Phi) is 4.36. The molecule has 25 heavy (non-hydrogen) atoms. The zero-order chi connectivity index (χ0) is 17.4. The van der Waals surface area contributed by atoms with Crippen molar-refractivity contribution < 1.29 is 9.53 Å². The number of likely N-dealkylation sites (tertiary alicyclic amines) is 1. The monoisotopic (exact) mass is 342 g/mol. The third-order valence-electron chi connectivity index (χ3n) is 5.20. The van der Waals surface area contributed by atoms with E-state index in [-0.39, 0.29) is 11.8 Å². The van der Waals surface area contributed by atoms with Crippen LogP contribution in [0.5, 0.6) is 5.88 Å². The highest BCUT2D eigenvalue weighted by Gasteiger charge is 2.27. The lowest BCUT2D eigenvalue weighted by Crippen LogP contribution is -2.41. The molecule has 0 N–H and O–H groups in total. The van der Waals surface area contributed by atoms with Crippen molar-refractivity contribution in [2.24, 2.45) is 11.8 Å². The first kappa shape index (κ1) is 16.4. The molecule has 0 atom stereocenters. The van der Waals surface area contributed by atoms with E-state index in [0.717, 1.165) is 37.3 Å². The van der Waals surface area contributed by atoms with Crippen LogP contribution in [0, 0.1) is 11.8 Å². The van der Waals surface area contributed by atoms with Gasteiger partial charge in [0.05, 0.1) is 18.5 Å². The van der Waals surface area contributed by atoms with Crippen molar-refractivity contribution in [1.82, 2.24) is 19.5 Å². The lowest BCUT2D eigenvalue weighted by Gasteiger charge is -2.32. The van der Waals surface area contributed by atoms with E-state index >= 15 is 0 Å². The van der Waals surface area contributed by atoms with Crippen molar-refractivity contribution in [2.75, 3.05) is 19.7 Å². The number of rotatable bonds is 5. The number of ether oxygens (including phenoxy) is 1. The van der Waals surface area contributed by atoms with Gasteiger partial charge in [0.1, 0.15) is 0 Å². The molecule has 0 spiro atoms. The van der Waals surface area contributed by atoms with E-state index in [9.17, 15) is 4.79 Å². The number of carbonyl (C=O) groups excluding carboxylic acids is 1. The summed E-state index contributed by atoms with van der Waals surface area (Å²) in [5, 5.41) is 4.52. The third-order valence-corrected chi connectivity index (χ3v) is 5.20. The minimum absolute atomic E-state index is 0.0828. The molecular weight excluding hydrogens is 316 g/mol. The number of carbonyl (C=O) groups is 1. The molecule has 3 heterocycles. The number of amides is 1. The van der Waals surface area contributed by atoms with Gasteiger partial charge >= 0.3 is 0 Å². The summed E-state index contributed by atoms with van der Waals surface area (Å²) in [4.78, 5) is 18.6. The van der Waals surface area contributed by atoms with Crippen LogP contribution in [-0.2, 0) is 4.79 Å². The molecule has 2 aromatic heterocycles. The molecular formula is C19H26N4O2. The number of aromatic nitrogens is 3. The molecule has 6 nitrogen and oxygen atoms in total. The largest absolute Gasteiger partial charge is 0.476 e. The standard InChI is InChI=1S/C19H26N4O2/c1-13(2)19(24)22-9-7-14(8-10-22)12-25-18-6-5-17-20-16(15-3-4-15)11-23(17)21-18/h5-6,11,13-15H,3-4,7-10,12H2,1-2H3. The summed E-state index contributed by atoms with van der Waals surface area (Å²) >= 11 is 0. The smallest absolute Gasteiger partial charge is 0.231 e. The number of nitrogens with zero attached hydrogens (tertiary/aromatic N) is 4. The summed E-state index contributed by atoms with van der Waals surface area (Å²) in [5.41, 5.74) is 2.03. The zero-order valence-electron chi connectivity index (χ0n) is 15.0. The van der Waals surface area contributed by atoms with Crippen molar-refractivity contribution in [3.63, 3.8) is 0 Å². The van der Waals surface area contributed by atoms with Crippen LogP contribution in [0.4, 0.5) is 0 Å². The normalized spacial score (nSPS) is 18.9. The molecule has 1 saturated carbocycles. The van der Waals surface area contributed by atoms with Gasteiger partial charge in [-0.25, -0.2) is 9.50 Å². The van der Waals surface area contributed by atoms with Gasteiger partial charge in [0.2, 0.25) is 11.8 Å². The van der Waals surface area contributed by atoms with Gasteiger partial charge in [-0.15, -0.1) is 5.10 Å². The summed E-state index contributed by atoms with van der Waals surface area (Å²) in [7, 11) is 0. The van der Waals surface area contributed by atoms with Crippen LogP contribution >= 0.6 is 0 Å². The topological polar surface area (TPSA) is 59.7 Å². The van der Waals surface area contributed by atoms with Crippen molar-refractivity contribution in [3.8, 4) is 5.88 Å². The Balaban J connectivity index is 1.31. The van der Waals surface area contributed by atoms with Crippen molar-refractivity contribution in [2.45, 2.75) is 45.4 Å². The van der Waals surface area contributed by atoms with E-state index in [4.69, 9.17) is 4.74 Å². The molecule has 0 radical (unpaired) electrons. The summed E-state index contributed by atoms with van der Waals surface area (Å²) in [5.74, 6) is 2.11. The second kappa shape index (κ2) is 6.65. The first-order valence-electron chi connectivity index (χ1n) is 9.38. The summed E-state index contributed by atoms with van der Waals surface area (Å²) in [6.07, 6.45) is 6.50. The minimum atomic E-state index is 0.0828. The quantitative estimate of drug-likeness (QED) is 0.838. The minimum Gasteiger partial charge on any atom is -0.476 e. The van der Waals surface area contributed by atoms with Crippen molar-refractivity contribution >= 4 is 11.6 Å². The maximum Gasteiger partial charge on any atom is 0.231 e. The summed E-state index contributed by atoms with van der Waals surface area (Å²) in [6, 6.07) is 3.87. The lowest BCUT2D eigenvalue weighted by molar-refractivity contribution is -0.136. The molecule has 0 unspecified atom stereocenters. The van der Waals surface area contributed by atoms with Crippen LogP contribution < -0.4 is 4.74 Å².